The van der Waals surface area contributed by atoms with E-state index in [0.29, 0.717) is 5.41 Å². The molecule has 1 rings (SSSR count). The van der Waals surface area contributed by atoms with Crippen LogP contribution in [0.2, 0.25) is 0 Å². The Bertz CT molecular complexity index is 225. The topological polar surface area (TPSA) is 12.0 Å². The molecule has 0 saturated carbocycles. The molecular formula is C13H25N. The number of nitrogens with one attached hydrogen (secondary N) is 1. The highest BCUT2D eigenvalue weighted by Gasteiger charge is 2.28. The van der Waals surface area contributed by atoms with Crippen molar-refractivity contribution >= 4 is 0 Å². The molecule has 0 aromatic carbocycles. The number of allylic oxidation sites excluding steroid dienone is 2. The average Bonchev–Trinajstić information content (AvgIpc) is 2.01. The summed E-state index contributed by atoms with van der Waals surface area (Å²) in [6, 6.07) is 0. The number of hydrogen-bond acceptors (Lipinski definition) is 1. The molecule has 1 aliphatic rings. The fourth-order valence-corrected chi connectivity index (χ4v) is 1.88. The van der Waals surface area contributed by atoms with Gasteiger partial charge < -0.3 is 5.32 Å². The summed E-state index contributed by atoms with van der Waals surface area (Å²) in [5, 5.41) is 3.58. The zero-order valence-electron chi connectivity index (χ0n) is 10.6. The summed E-state index contributed by atoms with van der Waals surface area (Å²) in [7, 11) is 0. The van der Waals surface area contributed by atoms with E-state index in [9.17, 15) is 0 Å². The van der Waals surface area contributed by atoms with Gasteiger partial charge in [0.15, 0.2) is 0 Å². The van der Waals surface area contributed by atoms with Crippen molar-refractivity contribution < 1.29 is 0 Å². The Kier molecular flexibility index (Phi) is 2.99. The fraction of sp³-hybridized carbons (Fsp3) is 0.846. The molecule has 0 aromatic rings. The maximum atomic E-state index is 3.58. The van der Waals surface area contributed by atoms with Crippen LogP contribution in [0.3, 0.4) is 0 Å². The molecule has 0 spiro atoms. The third-order valence-corrected chi connectivity index (χ3v) is 3.18. The van der Waals surface area contributed by atoms with Gasteiger partial charge in [-0.25, -0.2) is 0 Å². The minimum absolute atomic E-state index is 0.281. The van der Waals surface area contributed by atoms with Crippen LogP contribution in [-0.4, -0.2) is 6.54 Å². The Morgan fingerprint density at radius 2 is 1.71 bits per heavy atom. The van der Waals surface area contributed by atoms with Crippen LogP contribution in [0.15, 0.2) is 11.8 Å². The molecule has 1 heterocycles. The molecule has 0 aliphatic carbocycles. The summed E-state index contributed by atoms with van der Waals surface area (Å²) < 4.78 is 0. The van der Waals surface area contributed by atoms with Crippen molar-refractivity contribution in [3.63, 3.8) is 0 Å². The zero-order valence-corrected chi connectivity index (χ0v) is 10.6. The van der Waals surface area contributed by atoms with Crippen LogP contribution >= 0.6 is 0 Å². The van der Waals surface area contributed by atoms with Crippen molar-refractivity contribution in [3.05, 3.63) is 11.8 Å². The van der Waals surface area contributed by atoms with E-state index in [4.69, 9.17) is 0 Å². The van der Waals surface area contributed by atoms with Crippen LogP contribution in [0, 0.1) is 16.7 Å². The van der Waals surface area contributed by atoms with Crippen LogP contribution in [0.4, 0.5) is 0 Å². The highest BCUT2D eigenvalue weighted by molar-refractivity contribution is 5.12. The van der Waals surface area contributed by atoms with Gasteiger partial charge in [0.1, 0.15) is 0 Å². The third-order valence-electron chi connectivity index (χ3n) is 3.18. The largest absolute Gasteiger partial charge is 0.388 e. The van der Waals surface area contributed by atoms with Crippen molar-refractivity contribution in [2.24, 2.45) is 16.7 Å². The SMILES string of the molecule is CC(C)(C)C1=CCC(C(C)(C)C)CN1. The van der Waals surface area contributed by atoms with Crippen LogP contribution in [-0.2, 0) is 0 Å². The molecule has 0 saturated heterocycles. The van der Waals surface area contributed by atoms with Crippen LogP contribution in [0.25, 0.3) is 0 Å². The summed E-state index contributed by atoms with van der Waals surface area (Å²) in [5.41, 5.74) is 2.12. The Morgan fingerprint density at radius 1 is 1.14 bits per heavy atom. The number of rotatable bonds is 0. The van der Waals surface area contributed by atoms with Crippen molar-refractivity contribution in [3.8, 4) is 0 Å². The molecule has 0 fully saturated rings. The molecule has 1 atom stereocenters. The van der Waals surface area contributed by atoms with Gasteiger partial charge in [-0.15, -0.1) is 0 Å². The Labute approximate surface area is 89.0 Å². The van der Waals surface area contributed by atoms with E-state index in [1.165, 1.54) is 12.1 Å². The maximum Gasteiger partial charge on any atom is 0.0180 e. The second-order valence-electron chi connectivity index (χ2n) is 6.55. The summed E-state index contributed by atoms with van der Waals surface area (Å²) in [6.07, 6.45) is 3.61. The first-order valence-corrected chi connectivity index (χ1v) is 5.66. The highest BCUT2D eigenvalue weighted by atomic mass is 14.9. The van der Waals surface area contributed by atoms with Crippen LogP contribution in [0.1, 0.15) is 48.0 Å². The van der Waals surface area contributed by atoms with Crippen molar-refractivity contribution in [1.82, 2.24) is 5.32 Å². The second-order valence-corrected chi connectivity index (χ2v) is 6.55. The van der Waals surface area contributed by atoms with Crippen LogP contribution in [0.5, 0.6) is 0 Å². The van der Waals surface area contributed by atoms with E-state index in [-0.39, 0.29) is 5.41 Å². The molecule has 1 N–H and O–H groups in total. The molecule has 0 amide bonds. The maximum absolute atomic E-state index is 3.58. The van der Waals surface area contributed by atoms with Gasteiger partial charge in [0, 0.05) is 17.7 Å². The van der Waals surface area contributed by atoms with Gasteiger partial charge in [0.25, 0.3) is 0 Å². The normalized spacial score (nSPS) is 24.1. The smallest absolute Gasteiger partial charge is 0.0180 e. The molecule has 82 valence electrons. The van der Waals surface area contributed by atoms with E-state index < -0.39 is 0 Å². The predicted octanol–water partition coefficient (Wildman–Crippen LogP) is 3.57. The summed E-state index contributed by atoms with van der Waals surface area (Å²) in [5.74, 6) is 0.772. The molecule has 1 heteroatoms. The van der Waals surface area contributed by atoms with Gasteiger partial charge in [-0.05, 0) is 17.8 Å². The Balaban J connectivity index is 2.65. The van der Waals surface area contributed by atoms with Gasteiger partial charge in [0.2, 0.25) is 0 Å². The van der Waals surface area contributed by atoms with Gasteiger partial charge in [0.05, 0.1) is 0 Å². The van der Waals surface area contributed by atoms with Crippen molar-refractivity contribution in [2.45, 2.75) is 48.0 Å². The van der Waals surface area contributed by atoms with Gasteiger partial charge in [-0.3, -0.25) is 0 Å². The molecule has 0 bridgehead atoms. The first-order chi connectivity index (χ1) is 6.21. The minimum atomic E-state index is 0.281. The average molecular weight is 195 g/mol. The lowest BCUT2D eigenvalue weighted by Gasteiger charge is -2.37. The molecule has 0 aromatic heterocycles. The summed E-state index contributed by atoms with van der Waals surface area (Å²) in [4.78, 5) is 0. The standard InChI is InChI=1S/C13H25N/c1-12(2,3)10-7-8-11(14-9-10)13(4,5)6/h8,10,14H,7,9H2,1-6H3. The minimum Gasteiger partial charge on any atom is -0.388 e. The van der Waals surface area contributed by atoms with Gasteiger partial charge in [-0.1, -0.05) is 47.6 Å². The first kappa shape index (κ1) is 11.6. The predicted molar refractivity (Wildman–Crippen MR) is 63.1 cm³/mol. The van der Waals surface area contributed by atoms with E-state index in [1.54, 1.807) is 0 Å². The quantitative estimate of drug-likeness (QED) is 0.623. The summed E-state index contributed by atoms with van der Waals surface area (Å²) >= 11 is 0. The van der Waals surface area contributed by atoms with E-state index >= 15 is 0 Å². The zero-order chi connectivity index (χ0) is 11.0. The molecule has 0 radical (unpaired) electrons. The lowest BCUT2D eigenvalue weighted by atomic mass is 9.76. The second kappa shape index (κ2) is 3.60. The molecule has 1 nitrogen and oxygen atoms in total. The van der Waals surface area contributed by atoms with Crippen LogP contribution < -0.4 is 5.32 Å². The van der Waals surface area contributed by atoms with Crippen molar-refractivity contribution in [2.75, 3.05) is 6.54 Å². The molecular weight excluding hydrogens is 170 g/mol. The first-order valence-electron chi connectivity index (χ1n) is 5.66. The third kappa shape index (κ3) is 2.76. The monoisotopic (exact) mass is 195 g/mol. The molecule has 1 aliphatic heterocycles. The van der Waals surface area contributed by atoms with E-state index in [0.717, 1.165) is 12.5 Å². The lowest BCUT2D eigenvalue weighted by Crippen LogP contribution is -2.37. The molecule has 14 heavy (non-hydrogen) atoms. The Hall–Kier alpha value is -0.460. The van der Waals surface area contributed by atoms with E-state index in [2.05, 4.69) is 52.9 Å². The number of hydrogen-bond donors (Lipinski definition) is 1. The lowest BCUT2D eigenvalue weighted by molar-refractivity contribution is 0.222. The van der Waals surface area contributed by atoms with Gasteiger partial charge >= 0.3 is 0 Å². The highest BCUT2D eigenvalue weighted by Crippen LogP contribution is 2.34. The van der Waals surface area contributed by atoms with Crippen molar-refractivity contribution in [1.29, 1.82) is 0 Å². The van der Waals surface area contributed by atoms with E-state index in [1.807, 2.05) is 0 Å². The fourth-order valence-electron chi connectivity index (χ4n) is 1.88. The van der Waals surface area contributed by atoms with Gasteiger partial charge in [-0.2, -0.15) is 0 Å². The Morgan fingerprint density at radius 3 is 2.00 bits per heavy atom. The summed E-state index contributed by atoms with van der Waals surface area (Å²) in [6.45, 7) is 14.9. The molecule has 1 unspecified atom stereocenters.